The maximum atomic E-state index is 10.3. The first-order chi connectivity index (χ1) is 16.2. The van der Waals surface area contributed by atoms with Gasteiger partial charge in [-0.2, -0.15) is 0 Å². The lowest BCUT2D eigenvalue weighted by Gasteiger charge is -2.35. The molecule has 9 nitrogen and oxygen atoms in total. The van der Waals surface area contributed by atoms with Crippen LogP contribution in [0.3, 0.4) is 0 Å². The largest absolute Gasteiger partial charge is 0.481 e. The van der Waals surface area contributed by atoms with Crippen LogP contribution in [0.5, 0.6) is 0 Å². The summed E-state index contributed by atoms with van der Waals surface area (Å²) in [7, 11) is 4.12. The van der Waals surface area contributed by atoms with Crippen molar-refractivity contribution in [1.82, 2.24) is 4.90 Å². The van der Waals surface area contributed by atoms with E-state index in [0.29, 0.717) is 0 Å². The van der Waals surface area contributed by atoms with E-state index in [9.17, 15) is 14.4 Å². The Bertz CT molecular complexity index is 965. The molecule has 2 aromatic rings. The van der Waals surface area contributed by atoms with Crippen LogP contribution in [0.4, 0.5) is 0 Å². The first-order valence-corrected chi connectivity index (χ1v) is 11.1. The van der Waals surface area contributed by atoms with E-state index in [1.165, 1.54) is 0 Å². The summed E-state index contributed by atoms with van der Waals surface area (Å²) in [5, 5.41) is 34.5. The molecule has 35 heavy (non-hydrogen) atoms. The second kappa shape index (κ2) is 13.2. The fourth-order valence-electron chi connectivity index (χ4n) is 3.49. The van der Waals surface area contributed by atoms with Crippen molar-refractivity contribution in [3.8, 4) is 0 Å². The van der Waals surface area contributed by atoms with Gasteiger partial charge in [-0.15, -0.1) is 0 Å². The third-order valence-electron chi connectivity index (χ3n) is 5.06. The molecule has 0 fully saturated rings. The fraction of sp³-hybridized carbons (Fsp3) is 0.400. The summed E-state index contributed by atoms with van der Waals surface area (Å²) in [6, 6.07) is 18.2. The SMILES string of the molecule is CC(CN(C)C)OC(C)(c1ccccc1)c1ccc(Cl)cc1.O=C(O)CC(O)(CC(=O)O)C(=O)O. The second-order valence-electron chi connectivity index (χ2n) is 8.57. The zero-order chi connectivity index (χ0) is 26.8. The number of aliphatic hydroxyl groups is 1. The van der Waals surface area contributed by atoms with Crippen LogP contribution in [0.25, 0.3) is 0 Å². The van der Waals surface area contributed by atoms with E-state index in [4.69, 9.17) is 36.8 Å². The Kier molecular flexibility index (Phi) is 11.3. The van der Waals surface area contributed by atoms with Crippen molar-refractivity contribution < 1.29 is 39.5 Å². The molecule has 0 heterocycles. The van der Waals surface area contributed by atoms with Crippen LogP contribution in [-0.4, -0.2) is 75.6 Å². The molecule has 0 bridgehead atoms. The zero-order valence-electron chi connectivity index (χ0n) is 20.1. The van der Waals surface area contributed by atoms with Gasteiger partial charge < -0.3 is 30.1 Å². The Morgan fingerprint density at radius 1 is 0.914 bits per heavy atom. The number of nitrogens with zero attached hydrogens (tertiary/aromatic N) is 1. The Morgan fingerprint density at radius 2 is 1.37 bits per heavy atom. The first kappa shape index (κ1) is 30.1. The number of carboxylic acids is 3. The van der Waals surface area contributed by atoms with Gasteiger partial charge in [0.2, 0.25) is 0 Å². The number of likely N-dealkylation sites (N-methyl/N-ethyl adjacent to an activating group) is 1. The minimum absolute atomic E-state index is 0.107. The van der Waals surface area contributed by atoms with Crippen molar-refractivity contribution >= 4 is 29.5 Å². The molecule has 0 amide bonds. The molecule has 10 heteroatoms. The van der Waals surface area contributed by atoms with E-state index in [0.717, 1.165) is 22.7 Å². The molecule has 2 rings (SSSR count). The first-order valence-electron chi connectivity index (χ1n) is 10.7. The maximum absolute atomic E-state index is 10.3. The quantitative estimate of drug-likeness (QED) is 0.358. The van der Waals surface area contributed by atoms with Gasteiger partial charge in [0.05, 0.1) is 18.9 Å². The number of benzene rings is 2. The van der Waals surface area contributed by atoms with Gasteiger partial charge in [0, 0.05) is 11.6 Å². The number of ether oxygens (including phenoxy) is 1. The van der Waals surface area contributed by atoms with E-state index in [-0.39, 0.29) is 6.10 Å². The minimum atomic E-state index is -2.74. The standard InChI is InChI=1S/C19H24ClNO.C6H8O7/c1-15(14-21(3)4)22-19(2,16-8-6-5-7-9-16)17-10-12-18(20)13-11-17;7-3(8)1-6(13,5(11)12)2-4(9)10/h5-13,15H,14H2,1-4H3;13H,1-2H2,(H,7,8)(H,9,10)(H,11,12). The summed E-state index contributed by atoms with van der Waals surface area (Å²) in [5.74, 6) is -5.02. The summed E-state index contributed by atoms with van der Waals surface area (Å²) >= 11 is 6.03. The molecular formula is C25H32ClNO8. The van der Waals surface area contributed by atoms with Gasteiger partial charge in [-0.3, -0.25) is 9.59 Å². The van der Waals surface area contributed by atoms with Gasteiger partial charge in [0.25, 0.3) is 0 Å². The van der Waals surface area contributed by atoms with Crippen LogP contribution in [0, 0.1) is 0 Å². The average Bonchev–Trinajstić information content (AvgIpc) is 2.73. The molecule has 0 radical (unpaired) electrons. The number of rotatable bonds is 11. The number of halogens is 1. The molecule has 0 spiro atoms. The highest BCUT2D eigenvalue weighted by molar-refractivity contribution is 6.30. The molecule has 2 atom stereocenters. The molecule has 2 unspecified atom stereocenters. The van der Waals surface area contributed by atoms with Gasteiger partial charge in [-0.1, -0.05) is 54.1 Å². The molecule has 0 aliphatic rings. The van der Waals surface area contributed by atoms with E-state index < -0.39 is 42.0 Å². The van der Waals surface area contributed by atoms with Crippen LogP contribution in [0.1, 0.15) is 37.8 Å². The summed E-state index contributed by atoms with van der Waals surface area (Å²) in [5.41, 5.74) is -0.990. The Labute approximate surface area is 209 Å². The average molecular weight is 510 g/mol. The molecular weight excluding hydrogens is 478 g/mol. The summed E-state index contributed by atoms with van der Waals surface area (Å²) in [6.07, 6.45) is -2.18. The molecule has 0 aromatic heterocycles. The predicted molar refractivity (Wildman–Crippen MR) is 131 cm³/mol. The van der Waals surface area contributed by atoms with Gasteiger partial charge >= 0.3 is 17.9 Å². The number of carboxylic acid groups (broad SMARTS) is 3. The van der Waals surface area contributed by atoms with E-state index in [1.54, 1.807) is 0 Å². The topological polar surface area (TPSA) is 145 Å². The number of hydrogen-bond acceptors (Lipinski definition) is 6. The Balaban J connectivity index is 0.000000405. The number of aliphatic carboxylic acids is 3. The van der Waals surface area contributed by atoms with Gasteiger partial charge in [-0.05, 0) is 51.2 Å². The highest BCUT2D eigenvalue weighted by Gasteiger charge is 2.40. The highest BCUT2D eigenvalue weighted by Crippen LogP contribution is 2.35. The van der Waals surface area contributed by atoms with Crippen LogP contribution < -0.4 is 0 Å². The second-order valence-corrected chi connectivity index (χ2v) is 9.01. The van der Waals surface area contributed by atoms with Crippen molar-refractivity contribution in [2.45, 2.75) is 44.0 Å². The zero-order valence-corrected chi connectivity index (χ0v) is 20.9. The predicted octanol–water partition coefficient (Wildman–Crippen LogP) is 3.32. The van der Waals surface area contributed by atoms with Crippen molar-refractivity contribution in [2.24, 2.45) is 0 Å². The molecule has 0 saturated carbocycles. The number of hydrogen-bond donors (Lipinski definition) is 4. The van der Waals surface area contributed by atoms with Crippen molar-refractivity contribution in [2.75, 3.05) is 20.6 Å². The van der Waals surface area contributed by atoms with Crippen molar-refractivity contribution in [3.05, 3.63) is 70.7 Å². The monoisotopic (exact) mass is 509 g/mol. The van der Waals surface area contributed by atoms with Crippen LogP contribution in [-0.2, 0) is 24.7 Å². The Hall–Kier alpha value is -2.98. The highest BCUT2D eigenvalue weighted by atomic mass is 35.5. The van der Waals surface area contributed by atoms with E-state index in [2.05, 4.69) is 45.0 Å². The summed E-state index contributed by atoms with van der Waals surface area (Å²) < 4.78 is 6.48. The lowest BCUT2D eigenvalue weighted by atomic mass is 9.87. The molecule has 192 valence electrons. The molecule has 2 aromatic carbocycles. The summed E-state index contributed by atoms with van der Waals surface area (Å²) in [6.45, 7) is 5.10. The van der Waals surface area contributed by atoms with Crippen molar-refractivity contribution in [1.29, 1.82) is 0 Å². The third-order valence-corrected chi connectivity index (χ3v) is 5.32. The molecule has 0 aliphatic heterocycles. The van der Waals surface area contributed by atoms with E-state index in [1.807, 2.05) is 42.5 Å². The number of carbonyl (C=O) groups is 3. The van der Waals surface area contributed by atoms with Crippen molar-refractivity contribution in [3.63, 3.8) is 0 Å². The van der Waals surface area contributed by atoms with Gasteiger partial charge in [0.15, 0.2) is 5.60 Å². The molecule has 4 N–H and O–H groups in total. The fourth-order valence-corrected chi connectivity index (χ4v) is 3.62. The van der Waals surface area contributed by atoms with Crippen LogP contribution in [0.2, 0.25) is 5.02 Å². The smallest absolute Gasteiger partial charge is 0.336 e. The normalized spacial score (nSPS) is 13.8. The maximum Gasteiger partial charge on any atom is 0.336 e. The van der Waals surface area contributed by atoms with Gasteiger partial charge in [-0.25, -0.2) is 4.79 Å². The minimum Gasteiger partial charge on any atom is -0.481 e. The van der Waals surface area contributed by atoms with E-state index >= 15 is 0 Å². The third kappa shape index (κ3) is 9.65. The molecule has 0 aliphatic carbocycles. The van der Waals surface area contributed by atoms with Crippen LogP contribution >= 0.6 is 11.6 Å². The van der Waals surface area contributed by atoms with Crippen LogP contribution in [0.15, 0.2) is 54.6 Å². The Morgan fingerprint density at radius 3 is 1.77 bits per heavy atom. The summed E-state index contributed by atoms with van der Waals surface area (Å²) in [4.78, 5) is 32.6. The lowest BCUT2D eigenvalue weighted by Crippen LogP contribution is -2.42. The van der Waals surface area contributed by atoms with Gasteiger partial charge in [0.1, 0.15) is 5.60 Å². The molecule has 0 saturated heterocycles. The lowest BCUT2D eigenvalue weighted by molar-refractivity contribution is -0.170.